The average molecular weight is 493 g/mol. The molecule has 1 aliphatic carbocycles. The third-order valence-electron chi connectivity index (χ3n) is 9.49. The van der Waals surface area contributed by atoms with E-state index in [-0.39, 0.29) is 10.8 Å². The van der Waals surface area contributed by atoms with Crippen LogP contribution in [0.15, 0.2) is 91.0 Å². The van der Waals surface area contributed by atoms with Crippen molar-refractivity contribution in [3.05, 3.63) is 118 Å². The number of para-hydroxylation sites is 3. The quantitative estimate of drug-likeness (QED) is 0.232. The molecule has 8 rings (SSSR count). The van der Waals surface area contributed by atoms with Crippen LogP contribution >= 0.6 is 0 Å². The van der Waals surface area contributed by atoms with Crippen LogP contribution in [0, 0.1) is 0 Å². The van der Waals surface area contributed by atoms with Gasteiger partial charge in [-0.2, -0.15) is 0 Å². The Morgan fingerprint density at radius 1 is 0.632 bits per heavy atom. The zero-order valence-corrected chi connectivity index (χ0v) is 22.5. The van der Waals surface area contributed by atoms with Gasteiger partial charge in [-0.05, 0) is 71.5 Å². The number of hydrogen-bond donors (Lipinski definition) is 0. The first-order chi connectivity index (χ1) is 18.4. The number of anilines is 3. The van der Waals surface area contributed by atoms with Crippen LogP contribution in [-0.4, -0.2) is 4.57 Å². The van der Waals surface area contributed by atoms with Gasteiger partial charge in [0, 0.05) is 27.1 Å². The summed E-state index contributed by atoms with van der Waals surface area (Å²) in [7, 11) is 0. The van der Waals surface area contributed by atoms with Gasteiger partial charge in [0.2, 0.25) is 0 Å². The fourth-order valence-electron chi connectivity index (χ4n) is 7.59. The molecule has 0 unspecified atom stereocenters. The fraction of sp³-hybridized carbons (Fsp3) is 0.222. The third kappa shape index (κ3) is 2.63. The standard InChI is InChI=1S/C36H32N2/c1-35(2)26-13-5-8-17-31(26)37(32-18-9-6-14-27(32)35)23-20-21-30-25(22-23)24-12-11-16-29-34(24)38(30)33-19-10-7-15-28(33)36(29,3)4/h5-10,12-15,17-22H,11,16H2,1-4H3. The fourth-order valence-corrected chi connectivity index (χ4v) is 7.59. The van der Waals surface area contributed by atoms with Crippen LogP contribution in [0.3, 0.4) is 0 Å². The molecule has 0 spiro atoms. The minimum Gasteiger partial charge on any atom is -0.310 e. The highest BCUT2D eigenvalue weighted by Crippen LogP contribution is 2.52. The molecule has 0 saturated heterocycles. The minimum absolute atomic E-state index is 0.0309. The van der Waals surface area contributed by atoms with Gasteiger partial charge in [0.25, 0.3) is 0 Å². The lowest BCUT2D eigenvalue weighted by atomic mass is 9.72. The lowest BCUT2D eigenvalue weighted by Gasteiger charge is -2.42. The molecule has 0 saturated carbocycles. The Morgan fingerprint density at radius 3 is 1.87 bits per heavy atom. The van der Waals surface area contributed by atoms with Crippen molar-refractivity contribution >= 4 is 39.6 Å². The monoisotopic (exact) mass is 492 g/mol. The molecule has 4 aromatic carbocycles. The summed E-state index contributed by atoms with van der Waals surface area (Å²) in [5.41, 5.74) is 12.1. The molecule has 0 fully saturated rings. The third-order valence-corrected chi connectivity index (χ3v) is 9.49. The smallest absolute Gasteiger partial charge is 0.0542 e. The topological polar surface area (TPSA) is 8.17 Å². The SMILES string of the molecule is CC1(C)C2=c3c(c4cc(N5c6ccccc6C(C)(C)c6ccccc65)ccc4n3-c3ccccc31)=CCC2. The van der Waals surface area contributed by atoms with Crippen molar-refractivity contribution in [2.75, 3.05) is 4.90 Å². The molecule has 3 aliphatic rings. The largest absolute Gasteiger partial charge is 0.310 e. The molecule has 0 N–H and O–H groups in total. The van der Waals surface area contributed by atoms with Crippen molar-refractivity contribution in [1.82, 2.24) is 4.57 Å². The molecule has 2 heteroatoms. The molecule has 0 radical (unpaired) electrons. The van der Waals surface area contributed by atoms with E-state index in [1.807, 2.05) is 0 Å². The second-order valence-corrected chi connectivity index (χ2v) is 12.2. The summed E-state index contributed by atoms with van der Waals surface area (Å²) >= 11 is 0. The van der Waals surface area contributed by atoms with E-state index in [1.165, 1.54) is 60.9 Å². The molecule has 2 nitrogen and oxygen atoms in total. The maximum atomic E-state index is 2.54. The van der Waals surface area contributed by atoms with Crippen LogP contribution in [0.25, 0.3) is 28.2 Å². The van der Waals surface area contributed by atoms with Crippen molar-refractivity contribution < 1.29 is 0 Å². The summed E-state index contributed by atoms with van der Waals surface area (Å²) in [6.07, 6.45) is 4.70. The summed E-state index contributed by atoms with van der Waals surface area (Å²) in [6.45, 7) is 9.52. The van der Waals surface area contributed by atoms with Crippen LogP contribution in [0.5, 0.6) is 0 Å². The van der Waals surface area contributed by atoms with Gasteiger partial charge in [-0.15, -0.1) is 0 Å². The zero-order valence-electron chi connectivity index (χ0n) is 22.5. The van der Waals surface area contributed by atoms with Crippen LogP contribution in [-0.2, 0) is 10.8 Å². The molecule has 1 aromatic heterocycles. The predicted octanol–water partition coefficient (Wildman–Crippen LogP) is 7.76. The maximum absolute atomic E-state index is 2.54. The Bertz CT molecular complexity index is 1880. The number of fused-ring (bicyclic) bond motifs is 7. The molecular weight excluding hydrogens is 460 g/mol. The van der Waals surface area contributed by atoms with Gasteiger partial charge in [0.15, 0.2) is 0 Å². The first kappa shape index (κ1) is 22.0. The first-order valence-electron chi connectivity index (χ1n) is 13.9. The molecule has 3 heterocycles. The summed E-state index contributed by atoms with van der Waals surface area (Å²) in [4.78, 5) is 2.48. The Kier molecular flexibility index (Phi) is 4.22. The Morgan fingerprint density at radius 2 is 1.21 bits per heavy atom. The van der Waals surface area contributed by atoms with E-state index in [2.05, 4.69) is 134 Å². The van der Waals surface area contributed by atoms with Crippen molar-refractivity contribution in [2.24, 2.45) is 0 Å². The number of rotatable bonds is 1. The first-order valence-corrected chi connectivity index (χ1v) is 13.9. The van der Waals surface area contributed by atoms with Gasteiger partial charge in [0.1, 0.15) is 0 Å². The number of benzene rings is 4. The molecule has 0 amide bonds. The van der Waals surface area contributed by atoms with E-state index in [0.717, 1.165) is 12.8 Å². The van der Waals surface area contributed by atoms with Crippen molar-refractivity contribution in [1.29, 1.82) is 0 Å². The Balaban J connectivity index is 1.45. The highest BCUT2D eigenvalue weighted by atomic mass is 15.2. The molecule has 2 aliphatic heterocycles. The van der Waals surface area contributed by atoms with Gasteiger partial charge in [-0.1, -0.05) is 88.4 Å². The van der Waals surface area contributed by atoms with E-state index in [1.54, 1.807) is 5.57 Å². The van der Waals surface area contributed by atoms with Crippen LogP contribution in [0.4, 0.5) is 17.1 Å². The van der Waals surface area contributed by atoms with Crippen molar-refractivity contribution in [3.63, 3.8) is 0 Å². The van der Waals surface area contributed by atoms with Crippen molar-refractivity contribution in [2.45, 2.75) is 51.4 Å². The van der Waals surface area contributed by atoms with Crippen LogP contribution in [0.2, 0.25) is 0 Å². The molecule has 38 heavy (non-hydrogen) atoms. The van der Waals surface area contributed by atoms with E-state index in [0.29, 0.717) is 0 Å². The van der Waals surface area contributed by atoms with Gasteiger partial charge < -0.3 is 9.47 Å². The summed E-state index contributed by atoms with van der Waals surface area (Å²) < 4.78 is 2.54. The van der Waals surface area contributed by atoms with E-state index >= 15 is 0 Å². The average Bonchev–Trinajstić information content (AvgIpc) is 3.27. The molecular formula is C36H32N2. The predicted molar refractivity (Wildman–Crippen MR) is 159 cm³/mol. The minimum atomic E-state index is -0.0536. The Hall–Kier alpha value is -4.04. The molecule has 0 atom stereocenters. The Labute approximate surface area is 224 Å². The highest BCUT2D eigenvalue weighted by Gasteiger charge is 2.38. The van der Waals surface area contributed by atoms with E-state index in [4.69, 9.17) is 0 Å². The summed E-state index contributed by atoms with van der Waals surface area (Å²) in [6, 6.07) is 34.0. The molecule has 5 aromatic rings. The zero-order chi connectivity index (χ0) is 25.8. The van der Waals surface area contributed by atoms with E-state index < -0.39 is 0 Å². The van der Waals surface area contributed by atoms with Crippen molar-refractivity contribution in [3.8, 4) is 5.69 Å². The normalized spacial score (nSPS) is 17.8. The second kappa shape index (κ2) is 7.29. The second-order valence-electron chi connectivity index (χ2n) is 12.2. The number of hydrogen-bond acceptors (Lipinski definition) is 1. The van der Waals surface area contributed by atoms with Crippen LogP contribution < -0.4 is 15.5 Å². The summed E-state index contributed by atoms with van der Waals surface area (Å²) in [5.74, 6) is 0. The summed E-state index contributed by atoms with van der Waals surface area (Å²) in [5, 5.41) is 4.18. The highest BCUT2D eigenvalue weighted by molar-refractivity contribution is 5.94. The lowest BCUT2D eigenvalue weighted by molar-refractivity contribution is 0.632. The van der Waals surface area contributed by atoms with E-state index in [9.17, 15) is 0 Å². The number of nitrogens with zero attached hydrogens (tertiary/aromatic N) is 2. The molecule has 0 bridgehead atoms. The maximum Gasteiger partial charge on any atom is 0.0542 e. The van der Waals surface area contributed by atoms with Crippen LogP contribution in [0.1, 0.15) is 57.2 Å². The van der Waals surface area contributed by atoms with Gasteiger partial charge in [0.05, 0.1) is 27.9 Å². The van der Waals surface area contributed by atoms with Gasteiger partial charge in [-0.3, -0.25) is 0 Å². The molecule has 186 valence electrons. The number of aromatic nitrogens is 1. The lowest BCUT2D eigenvalue weighted by Crippen LogP contribution is -2.43. The van der Waals surface area contributed by atoms with Gasteiger partial charge in [-0.25, -0.2) is 0 Å². The van der Waals surface area contributed by atoms with Gasteiger partial charge >= 0.3 is 0 Å².